The van der Waals surface area contributed by atoms with Crippen LogP contribution in [-0.4, -0.2) is 31.8 Å². The van der Waals surface area contributed by atoms with Gasteiger partial charge < -0.3 is 15.0 Å². The lowest BCUT2D eigenvalue weighted by Gasteiger charge is -2.34. The molecule has 0 bridgehead atoms. The smallest absolute Gasteiger partial charge is 0.0608 e. The quantitative estimate of drug-likeness (QED) is 0.869. The van der Waals surface area contributed by atoms with Crippen LogP contribution in [0.1, 0.15) is 38.2 Å². The lowest BCUT2D eigenvalue weighted by molar-refractivity contribution is 0.0459. The van der Waals surface area contributed by atoms with Crippen molar-refractivity contribution in [2.24, 2.45) is 0 Å². The number of benzene rings is 1. The van der Waals surface area contributed by atoms with Crippen molar-refractivity contribution in [3.8, 4) is 0 Å². The second kappa shape index (κ2) is 6.99. The van der Waals surface area contributed by atoms with Gasteiger partial charge >= 0.3 is 0 Å². The summed E-state index contributed by atoms with van der Waals surface area (Å²) in [7, 11) is 0. The summed E-state index contributed by atoms with van der Waals surface area (Å²) < 4.78 is 5.74. The Morgan fingerprint density at radius 3 is 2.67 bits per heavy atom. The lowest BCUT2D eigenvalue weighted by Crippen LogP contribution is -2.37. The Bertz CT molecular complexity index is 468. The molecule has 2 aliphatic rings. The van der Waals surface area contributed by atoms with Gasteiger partial charge in [0.2, 0.25) is 0 Å². The maximum atomic E-state index is 6.22. The molecule has 1 aromatic rings. The van der Waals surface area contributed by atoms with Crippen molar-refractivity contribution in [3.63, 3.8) is 0 Å². The summed E-state index contributed by atoms with van der Waals surface area (Å²) in [5.74, 6) is 0. The number of rotatable bonds is 6. The third-order valence-corrected chi connectivity index (χ3v) is 4.63. The summed E-state index contributed by atoms with van der Waals surface area (Å²) in [5, 5.41) is 4.43. The van der Waals surface area contributed by atoms with E-state index in [1.165, 1.54) is 24.1 Å². The number of hydrogen-bond donors (Lipinski definition) is 1. The highest BCUT2D eigenvalue weighted by Gasteiger charge is 2.23. The van der Waals surface area contributed by atoms with Gasteiger partial charge in [-0.05, 0) is 50.3 Å². The Morgan fingerprint density at radius 2 is 2.00 bits per heavy atom. The van der Waals surface area contributed by atoms with E-state index in [0.29, 0.717) is 6.10 Å². The number of nitrogens with one attached hydrogen (secondary N) is 1. The van der Waals surface area contributed by atoms with E-state index in [2.05, 4.69) is 29.3 Å². The molecule has 0 aromatic heterocycles. The fraction of sp³-hybridized carbons (Fsp3) is 0.647. The molecule has 0 atom stereocenters. The number of ether oxygens (including phenoxy) is 1. The minimum atomic E-state index is 0.429. The SMILES string of the molecule is CCOC1CCN(c2cc(Cl)ccc2CNC2CC2)CC1. The van der Waals surface area contributed by atoms with E-state index in [4.69, 9.17) is 16.3 Å². The Morgan fingerprint density at radius 1 is 1.24 bits per heavy atom. The number of nitrogens with zero attached hydrogens (tertiary/aromatic N) is 1. The molecule has 0 unspecified atom stereocenters. The van der Waals surface area contributed by atoms with Crippen molar-refractivity contribution < 1.29 is 4.74 Å². The highest BCUT2D eigenvalue weighted by Crippen LogP contribution is 2.29. The molecular weight excluding hydrogens is 284 g/mol. The Labute approximate surface area is 132 Å². The van der Waals surface area contributed by atoms with Gasteiger partial charge in [0.25, 0.3) is 0 Å². The Balaban J connectivity index is 1.66. The van der Waals surface area contributed by atoms with Crippen LogP contribution in [0.2, 0.25) is 5.02 Å². The fourth-order valence-electron chi connectivity index (χ4n) is 3.02. The highest BCUT2D eigenvalue weighted by atomic mass is 35.5. The van der Waals surface area contributed by atoms with E-state index >= 15 is 0 Å². The van der Waals surface area contributed by atoms with Crippen molar-refractivity contribution in [1.82, 2.24) is 5.32 Å². The summed E-state index contributed by atoms with van der Waals surface area (Å²) in [4.78, 5) is 2.46. The number of halogens is 1. The van der Waals surface area contributed by atoms with Gasteiger partial charge in [-0.15, -0.1) is 0 Å². The molecule has 1 N–H and O–H groups in total. The third kappa shape index (κ3) is 4.12. The van der Waals surface area contributed by atoms with Crippen LogP contribution in [0.15, 0.2) is 18.2 Å². The molecule has 116 valence electrons. The highest BCUT2D eigenvalue weighted by molar-refractivity contribution is 6.30. The normalized spacial score (nSPS) is 20.0. The van der Waals surface area contributed by atoms with Crippen LogP contribution >= 0.6 is 11.6 Å². The first-order valence-electron chi connectivity index (χ1n) is 8.14. The zero-order valence-electron chi connectivity index (χ0n) is 12.8. The van der Waals surface area contributed by atoms with E-state index in [1.807, 2.05) is 6.07 Å². The maximum absolute atomic E-state index is 6.22. The second-order valence-corrected chi connectivity index (χ2v) is 6.51. The average Bonchev–Trinajstić information content (AvgIpc) is 3.31. The van der Waals surface area contributed by atoms with E-state index in [0.717, 1.165) is 50.1 Å². The Kier molecular flexibility index (Phi) is 5.04. The minimum absolute atomic E-state index is 0.429. The summed E-state index contributed by atoms with van der Waals surface area (Å²) in [6.45, 7) is 5.95. The van der Waals surface area contributed by atoms with Crippen molar-refractivity contribution >= 4 is 17.3 Å². The Hall–Kier alpha value is -0.770. The van der Waals surface area contributed by atoms with Crippen molar-refractivity contribution in [2.45, 2.75) is 51.3 Å². The van der Waals surface area contributed by atoms with Gasteiger partial charge in [0, 0.05) is 43.0 Å². The summed E-state index contributed by atoms with van der Waals surface area (Å²) in [6.07, 6.45) is 5.29. The first-order chi connectivity index (χ1) is 10.3. The zero-order chi connectivity index (χ0) is 14.7. The largest absolute Gasteiger partial charge is 0.378 e. The maximum Gasteiger partial charge on any atom is 0.0608 e. The molecule has 0 radical (unpaired) electrons. The average molecular weight is 309 g/mol. The van der Waals surface area contributed by atoms with Gasteiger partial charge in [-0.25, -0.2) is 0 Å². The molecule has 3 rings (SSSR count). The minimum Gasteiger partial charge on any atom is -0.378 e. The van der Waals surface area contributed by atoms with Crippen LogP contribution in [-0.2, 0) is 11.3 Å². The van der Waals surface area contributed by atoms with Crippen LogP contribution in [0.3, 0.4) is 0 Å². The number of piperidine rings is 1. The lowest BCUT2D eigenvalue weighted by atomic mass is 10.0. The molecule has 0 spiro atoms. The van der Waals surface area contributed by atoms with Gasteiger partial charge in [0.15, 0.2) is 0 Å². The summed E-state index contributed by atoms with van der Waals surface area (Å²) in [6, 6.07) is 7.02. The zero-order valence-corrected chi connectivity index (χ0v) is 13.5. The van der Waals surface area contributed by atoms with Gasteiger partial charge in [-0.1, -0.05) is 17.7 Å². The van der Waals surface area contributed by atoms with Crippen LogP contribution in [0.25, 0.3) is 0 Å². The topological polar surface area (TPSA) is 24.5 Å². The summed E-state index contributed by atoms with van der Waals surface area (Å²) >= 11 is 6.22. The fourth-order valence-corrected chi connectivity index (χ4v) is 3.19. The molecule has 1 aromatic carbocycles. The summed E-state index contributed by atoms with van der Waals surface area (Å²) in [5.41, 5.74) is 2.66. The molecule has 0 amide bonds. The van der Waals surface area contributed by atoms with Crippen molar-refractivity contribution in [3.05, 3.63) is 28.8 Å². The monoisotopic (exact) mass is 308 g/mol. The number of anilines is 1. The van der Waals surface area contributed by atoms with Gasteiger partial charge in [-0.3, -0.25) is 0 Å². The first kappa shape index (κ1) is 15.1. The van der Waals surface area contributed by atoms with Gasteiger partial charge in [0.05, 0.1) is 6.10 Å². The molecule has 21 heavy (non-hydrogen) atoms. The first-order valence-corrected chi connectivity index (χ1v) is 8.52. The standard InChI is InChI=1S/C17H25ClN2O/c1-2-21-16-7-9-20(10-8-16)17-11-14(18)4-3-13(17)12-19-15-5-6-15/h3-4,11,15-16,19H,2,5-10,12H2,1H3. The molecule has 3 nitrogen and oxygen atoms in total. The molecule has 1 saturated carbocycles. The molecule has 1 saturated heterocycles. The van der Waals surface area contributed by atoms with E-state index in [1.54, 1.807) is 0 Å². The predicted octanol–water partition coefficient (Wildman–Crippen LogP) is 3.60. The second-order valence-electron chi connectivity index (χ2n) is 6.07. The third-order valence-electron chi connectivity index (χ3n) is 4.39. The van der Waals surface area contributed by atoms with Crippen LogP contribution < -0.4 is 10.2 Å². The molecule has 2 fully saturated rings. The van der Waals surface area contributed by atoms with Gasteiger partial charge in [-0.2, -0.15) is 0 Å². The van der Waals surface area contributed by atoms with Crippen LogP contribution in [0.4, 0.5) is 5.69 Å². The van der Waals surface area contributed by atoms with E-state index < -0.39 is 0 Å². The molecule has 1 heterocycles. The predicted molar refractivity (Wildman–Crippen MR) is 88.2 cm³/mol. The number of hydrogen-bond acceptors (Lipinski definition) is 3. The van der Waals surface area contributed by atoms with Crippen LogP contribution in [0, 0.1) is 0 Å². The van der Waals surface area contributed by atoms with Crippen LogP contribution in [0.5, 0.6) is 0 Å². The van der Waals surface area contributed by atoms with Crippen molar-refractivity contribution in [1.29, 1.82) is 0 Å². The van der Waals surface area contributed by atoms with Crippen molar-refractivity contribution in [2.75, 3.05) is 24.6 Å². The van der Waals surface area contributed by atoms with E-state index in [9.17, 15) is 0 Å². The molecule has 1 aliphatic heterocycles. The van der Waals surface area contributed by atoms with E-state index in [-0.39, 0.29) is 0 Å². The van der Waals surface area contributed by atoms with Gasteiger partial charge in [0.1, 0.15) is 0 Å². The molecule has 1 aliphatic carbocycles. The molecule has 4 heteroatoms. The molecular formula is C17H25ClN2O.